The molecule has 1 saturated heterocycles. The Morgan fingerprint density at radius 3 is 1.20 bits per heavy atom. The van der Waals surface area contributed by atoms with Crippen LogP contribution in [0.15, 0.2) is 181 Å². The van der Waals surface area contributed by atoms with E-state index in [0.29, 0.717) is 93.2 Å². The number of allylic oxidation sites excluding steroid dienone is 14. The summed E-state index contributed by atoms with van der Waals surface area (Å²) in [6.07, 6.45) is 41.2. The van der Waals surface area contributed by atoms with E-state index in [1.165, 1.54) is 23.3 Å². The fourth-order valence-electron chi connectivity index (χ4n) is 20.1. The number of rotatable bonds is 58. The molecule has 0 spiro atoms. The predicted octanol–water partition coefficient (Wildman–Crippen LogP) is 20.3. The normalized spacial score (nSPS) is 18.4. The van der Waals surface area contributed by atoms with Crippen molar-refractivity contribution < 1.29 is 132 Å². The molecule has 144 heavy (non-hydrogen) atoms. The van der Waals surface area contributed by atoms with Crippen molar-refractivity contribution in [3.05, 3.63) is 194 Å². The van der Waals surface area contributed by atoms with E-state index >= 15 is 0 Å². The highest BCUT2D eigenvalue weighted by atomic mass is 32.2. The van der Waals surface area contributed by atoms with Gasteiger partial charge in [0.25, 0.3) is 62.4 Å². The summed E-state index contributed by atoms with van der Waals surface area (Å²) in [5.41, 5.74) is 17.2. The topological polar surface area (TPSA) is 487 Å². The van der Waals surface area contributed by atoms with Gasteiger partial charge in [-0.25, -0.2) is 15.3 Å². The van der Waals surface area contributed by atoms with E-state index in [4.69, 9.17) is 29.1 Å². The van der Waals surface area contributed by atoms with Crippen LogP contribution in [0.2, 0.25) is 0 Å². The van der Waals surface area contributed by atoms with E-state index in [2.05, 4.69) is 144 Å². The molecule has 1 fully saturated rings. The molecule has 0 bridgehead atoms. The molecule has 794 valence electrons. The van der Waals surface area contributed by atoms with Gasteiger partial charge in [-0.2, -0.15) is 51.2 Å². The highest BCUT2D eigenvalue weighted by Crippen LogP contribution is 2.52. The Bertz CT molecular complexity index is 6180. The Hall–Kier alpha value is -8.57. The fraction of sp³-hybridized carbons (Fsp3) is 0.553. The van der Waals surface area contributed by atoms with E-state index in [-0.39, 0.29) is 72.5 Å². The van der Waals surface area contributed by atoms with E-state index in [1.807, 2.05) is 61.2 Å². The molecule has 0 unspecified atom stereocenters. The van der Waals surface area contributed by atoms with Crippen LogP contribution in [0.4, 0.5) is 22.7 Å². The number of imide groups is 1. The third-order valence-electron chi connectivity index (χ3n) is 27.7. The minimum atomic E-state index is -4.51. The summed E-state index contributed by atoms with van der Waals surface area (Å²) in [5.74, 6) is -3.63. The van der Waals surface area contributed by atoms with Crippen LogP contribution in [-0.4, -0.2) is 192 Å². The lowest BCUT2D eigenvalue weighted by molar-refractivity contribution is -0.438. The molecule has 5 heterocycles. The number of carboxylic acid groups (broad SMARTS) is 1. The monoisotopic (exact) mass is 2140 g/mol. The molecule has 4 aromatic carbocycles. The van der Waals surface area contributed by atoms with Crippen LogP contribution < -0.4 is 20.4 Å². The third-order valence-corrected chi connectivity index (χ3v) is 32.9. The predicted molar refractivity (Wildman–Crippen MR) is 557 cm³/mol. The number of hydrogen-bond acceptors (Lipinski definition) is 27. The van der Waals surface area contributed by atoms with Crippen molar-refractivity contribution in [2.45, 2.75) is 317 Å². The minimum absolute atomic E-state index is 0.0719. The number of aliphatic carboxylic acids is 1. The van der Waals surface area contributed by atoms with Gasteiger partial charge >= 0.3 is 11.9 Å². The number of fused-ring (bicyclic) bond motifs is 4. The Balaban J connectivity index is 0.000000296. The van der Waals surface area contributed by atoms with Crippen LogP contribution in [0, 0.1) is 6.92 Å². The molecule has 2 amide bonds. The SMILES string of the molecule is CC1(C)C(/C=C/C2=C(NCCCCCCCCCCC(=O)O)C(=C/C=C3/N(CCCCS(=O)(=O)O)c4ccc(S(=O)(=O)O)cc4C3(C)C)/CCC2)=[N+](CCCCS(=O)(=O)O)c2ccc(SOOO)cc21.Cc1ccc2c(c1)C(C)(C)/C(=C\C=C1/CCCC(/C=C/C3=[N+](CCCCS(=O)(=O)O)c4ccc(SOOO)cc4C3(C)C)=C1NCCCCCCCCCCC(=O)ON1C(=O)CCC1=O)N2CCCCS(=O)(=O)O. The maximum atomic E-state index is 12.3. The molecule has 7 aliphatic rings. The second-order valence-electron chi connectivity index (χ2n) is 39.9. The van der Waals surface area contributed by atoms with Crippen molar-refractivity contribution in [2.75, 3.05) is 72.1 Å². The molecule has 41 heteroatoms. The number of carbonyl (C=O) groups is 4. The number of nitrogens with one attached hydrogen (secondary N) is 2. The van der Waals surface area contributed by atoms with Gasteiger partial charge in [-0.1, -0.05) is 157 Å². The number of carboxylic acids is 1. The van der Waals surface area contributed by atoms with Crippen LogP contribution in [0.3, 0.4) is 0 Å². The van der Waals surface area contributed by atoms with Gasteiger partial charge in [0, 0.05) is 155 Å². The number of amides is 2. The van der Waals surface area contributed by atoms with Crippen LogP contribution in [0.25, 0.3) is 0 Å². The minimum Gasteiger partial charge on any atom is -0.481 e. The first-order valence-corrected chi connectivity index (χ1v) is 59.3. The Morgan fingerprint density at radius 2 is 0.806 bits per heavy atom. The molecule has 34 nitrogen and oxygen atoms in total. The maximum Gasteiger partial charge on any atom is 0.333 e. The zero-order valence-corrected chi connectivity index (χ0v) is 89.8. The average Bonchev–Trinajstić information content (AvgIpc) is 1.60. The molecule has 0 atom stereocenters. The van der Waals surface area contributed by atoms with Gasteiger partial charge in [0.2, 0.25) is 11.4 Å². The fourth-order valence-corrected chi connectivity index (χ4v) is 23.7. The molecule has 0 saturated carbocycles. The van der Waals surface area contributed by atoms with Gasteiger partial charge in [0.1, 0.15) is 13.1 Å². The van der Waals surface area contributed by atoms with Crippen molar-refractivity contribution in [1.82, 2.24) is 15.7 Å². The molecular weight excluding hydrogens is 1990 g/mol. The van der Waals surface area contributed by atoms with Gasteiger partial charge in [0.15, 0.2) is 11.4 Å². The van der Waals surface area contributed by atoms with Gasteiger partial charge in [0.05, 0.1) is 62.8 Å². The number of aryl methyl sites for hydroxylation is 1. The van der Waals surface area contributed by atoms with Crippen LogP contribution in [0.5, 0.6) is 0 Å². The van der Waals surface area contributed by atoms with E-state index in [9.17, 15) is 84.0 Å². The molecule has 11 rings (SSSR count). The Labute approximate surface area is 858 Å². The van der Waals surface area contributed by atoms with Crippen molar-refractivity contribution in [2.24, 2.45) is 0 Å². The molecule has 5 aliphatic heterocycles. The van der Waals surface area contributed by atoms with Crippen LogP contribution in [0.1, 0.15) is 302 Å². The zero-order chi connectivity index (χ0) is 105. The number of nitrogens with zero attached hydrogens (tertiary/aromatic N) is 5. The molecule has 4 aromatic rings. The van der Waals surface area contributed by atoms with Gasteiger partial charge in [-0.3, -0.25) is 37.1 Å². The number of hydroxylamine groups is 2. The van der Waals surface area contributed by atoms with E-state index in [1.54, 1.807) is 6.07 Å². The number of anilines is 2. The highest BCUT2D eigenvalue weighted by Gasteiger charge is 2.48. The zero-order valence-electron chi connectivity index (χ0n) is 84.1. The maximum absolute atomic E-state index is 12.3. The highest BCUT2D eigenvalue weighted by molar-refractivity contribution is 7.94. The van der Waals surface area contributed by atoms with Gasteiger partial charge in [-0.05, 0) is 231 Å². The summed E-state index contributed by atoms with van der Waals surface area (Å²) in [6, 6.07) is 22.6. The number of carbonyl (C=O) groups excluding carboxylic acids is 3. The smallest absolute Gasteiger partial charge is 0.333 e. The first-order valence-electron chi connectivity index (χ1n) is 49.9. The lowest BCUT2D eigenvalue weighted by Gasteiger charge is -2.28. The van der Waals surface area contributed by atoms with Crippen molar-refractivity contribution in [3.63, 3.8) is 0 Å². The van der Waals surface area contributed by atoms with Crippen molar-refractivity contribution >= 4 is 133 Å². The summed E-state index contributed by atoms with van der Waals surface area (Å²) in [6.45, 7) is 22.4. The number of unbranched alkanes of at least 4 members (excludes halogenated alkanes) is 18. The van der Waals surface area contributed by atoms with Gasteiger partial charge in [-0.15, -0.1) is 13.7 Å². The summed E-state index contributed by atoms with van der Waals surface area (Å²) in [5, 5.41) is 42.6. The quantitative estimate of drug-likeness (QED) is 0.00373. The van der Waals surface area contributed by atoms with Crippen LogP contribution in [-0.2, 0) is 115 Å². The second-order valence-corrected chi connectivity index (χ2v) is 49.2. The Kier molecular flexibility index (Phi) is 43.6. The summed E-state index contributed by atoms with van der Waals surface area (Å²) < 4.78 is 179. The lowest BCUT2D eigenvalue weighted by atomic mass is 9.81. The van der Waals surface area contributed by atoms with Crippen molar-refractivity contribution in [3.8, 4) is 0 Å². The average molecular weight is 2140 g/mol. The molecule has 10 N–H and O–H groups in total. The summed E-state index contributed by atoms with van der Waals surface area (Å²) >= 11 is 1.74. The lowest BCUT2D eigenvalue weighted by Crippen LogP contribution is -2.31. The standard InChI is InChI=1S/C54H74N4O13S3.C49H69N3O14S4/c1-39-22-26-45-43(37-39)53(2,3)47(56(45)33-14-16-35-73(63,64)65)28-23-40-19-18-20-41(52(40)55-32-13-11-9-7-6-8-10-12-21-51(61)69-58-49(59)30-31-50(58)60)24-29-48-54(4,5)44-38-42(72-71-70-62)25-27-46(44)57(48)34-15-17-36-74(66,67)68;1-48(2)40-34-38(67-66-65-55)23-25-42(40)51(30-13-15-32-68(56,57)58)44(48)27-21-36-18-17-19-37(47(36)50-29-12-10-8-6-5-7-9-11-20-46(53)54)22-28-45-49(3,4)41-35-39(70(62,63)64)24-26-43(41)52(45)31-14-16-33-69(59,60)61/h22-29,37-38H,6-21,30-36H2,1-5H3,(H3,62,63,64,65,66,67,68);21-28,34-35H,5-20,29-33H2,1-4H3,(H5,53,54,55,56,57,58,59,60,61,62,63,64)/p+2/b40-23+,47-28+;37-22+,45-28+. The van der Waals surface area contributed by atoms with Gasteiger partial charge < -0.3 is 30.4 Å². The van der Waals surface area contributed by atoms with E-state index in [0.717, 1.165) is 254 Å². The third kappa shape index (κ3) is 34.0. The first-order chi connectivity index (χ1) is 68.0. The summed E-state index contributed by atoms with van der Waals surface area (Å²) in [7, 11) is -21.0. The summed E-state index contributed by atoms with van der Waals surface area (Å²) in [4.78, 5) is 57.0. The van der Waals surface area contributed by atoms with Crippen LogP contribution >= 0.6 is 24.1 Å². The number of hydrogen-bond donors (Lipinski definition) is 10. The molecule has 2 aliphatic carbocycles. The molecule has 0 radical (unpaired) electrons. The Morgan fingerprint density at radius 1 is 0.424 bits per heavy atom. The van der Waals surface area contributed by atoms with E-state index < -0.39 is 96.3 Å². The second kappa shape index (κ2) is 53.5. The largest absolute Gasteiger partial charge is 0.481 e. The molecule has 0 aromatic heterocycles. The first kappa shape index (κ1) is 117. The molecular formula is C103H145N7O27S7+2. The number of benzene rings is 4. The van der Waals surface area contributed by atoms with Crippen molar-refractivity contribution in [1.29, 1.82) is 0 Å².